The first kappa shape index (κ1) is 18.5. The van der Waals surface area contributed by atoms with Gasteiger partial charge in [-0.25, -0.2) is 0 Å². The van der Waals surface area contributed by atoms with Gasteiger partial charge in [0.05, 0.1) is 5.69 Å². The molecule has 2 heterocycles. The van der Waals surface area contributed by atoms with Crippen LogP contribution in [0.1, 0.15) is 0 Å². The van der Waals surface area contributed by atoms with Gasteiger partial charge in [-0.15, -0.1) is 11.3 Å². The van der Waals surface area contributed by atoms with E-state index in [1.807, 2.05) is 17.4 Å². The first-order valence-electron chi connectivity index (χ1n) is 11.0. The first-order chi connectivity index (χ1) is 16.4. The largest absolute Gasteiger partial charge is 0.456 e. The van der Waals surface area contributed by atoms with E-state index >= 15 is 0 Å². The maximum atomic E-state index is 6.40. The van der Waals surface area contributed by atoms with Crippen LogP contribution in [0.3, 0.4) is 0 Å². The quantitative estimate of drug-likeness (QED) is 0.271. The van der Waals surface area contributed by atoms with Gasteiger partial charge in [0, 0.05) is 48.4 Å². The molecule has 0 unspecified atom stereocenters. The summed E-state index contributed by atoms with van der Waals surface area (Å²) in [6.45, 7) is 0. The summed E-state index contributed by atoms with van der Waals surface area (Å²) in [5, 5.41) is 4.91. The van der Waals surface area contributed by atoms with Gasteiger partial charge in [-0.05, 0) is 36.4 Å². The number of furan rings is 1. The van der Waals surface area contributed by atoms with Crippen molar-refractivity contribution in [2.75, 3.05) is 4.90 Å². The molecule has 5 aromatic carbocycles. The minimum atomic E-state index is 0.919. The topological polar surface area (TPSA) is 16.4 Å². The zero-order valence-corrected chi connectivity index (χ0v) is 18.5. The Morgan fingerprint density at radius 1 is 0.545 bits per heavy atom. The lowest BCUT2D eigenvalue weighted by molar-refractivity contribution is 0.669. The molecule has 3 heteroatoms. The molecule has 0 aliphatic rings. The lowest BCUT2D eigenvalue weighted by Crippen LogP contribution is -2.10. The van der Waals surface area contributed by atoms with Crippen LogP contribution in [-0.4, -0.2) is 0 Å². The average molecular weight is 442 g/mol. The predicted octanol–water partition coefficient (Wildman–Crippen LogP) is 9.42. The van der Waals surface area contributed by atoms with Gasteiger partial charge in [-0.3, -0.25) is 0 Å². The van der Waals surface area contributed by atoms with Crippen molar-refractivity contribution < 1.29 is 4.42 Å². The standard InChI is InChI=1S/C30H19NOS/c1-3-11-20(12-4-1)31(21-13-5-2-6-14-21)24-19-26-29(22-15-7-9-17-25(22)32-26)30-28(24)23-16-8-10-18-27(23)33-30/h1-19H. The molecule has 0 spiro atoms. The van der Waals surface area contributed by atoms with Gasteiger partial charge in [0.2, 0.25) is 0 Å². The monoisotopic (exact) mass is 441 g/mol. The Kier molecular flexibility index (Phi) is 4.05. The fourth-order valence-corrected chi connectivity index (χ4v) is 6.11. The molecule has 0 amide bonds. The van der Waals surface area contributed by atoms with Gasteiger partial charge in [0.25, 0.3) is 0 Å². The molecule has 7 aromatic rings. The Morgan fingerprint density at radius 3 is 1.88 bits per heavy atom. The Bertz CT molecular complexity index is 1720. The van der Waals surface area contributed by atoms with Crippen LogP contribution in [0.2, 0.25) is 0 Å². The van der Waals surface area contributed by atoms with Crippen LogP contribution in [0.25, 0.3) is 42.1 Å². The van der Waals surface area contributed by atoms with Crippen LogP contribution < -0.4 is 4.90 Å². The summed E-state index contributed by atoms with van der Waals surface area (Å²) in [7, 11) is 0. The van der Waals surface area contributed by atoms with Crippen molar-refractivity contribution in [2.24, 2.45) is 0 Å². The molecule has 0 radical (unpaired) electrons. The van der Waals surface area contributed by atoms with E-state index in [4.69, 9.17) is 4.42 Å². The molecule has 2 aromatic heterocycles. The van der Waals surface area contributed by atoms with Crippen molar-refractivity contribution in [1.82, 2.24) is 0 Å². The molecule has 156 valence electrons. The number of anilines is 3. The van der Waals surface area contributed by atoms with E-state index < -0.39 is 0 Å². The van der Waals surface area contributed by atoms with Crippen molar-refractivity contribution in [3.63, 3.8) is 0 Å². The zero-order chi connectivity index (χ0) is 21.8. The fraction of sp³-hybridized carbons (Fsp3) is 0. The number of thiophene rings is 1. The van der Waals surface area contributed by atoms with Crippen molar-refractivity contribution in [3.8, 4) is 0 Å². The molecular weight excluding hydrogens is 422 g/mol. The highest BCUT2D eigenvalue weighted by Gasteiger charge is 2.22. The molecule has 0 saturated carbocycles. The SMILES string of the molecule is c1ccc(N(c2ccccc2)c2cc3oc4ccccc4c3c3sc4ccccc4c23)cc1. The molecule has 7 rings (SSSR count). The average Bonchev–Trinajstić information content (AvgIpc) is 3.44. The Hall–Kier alpha value is -4.08. The first-order valence-corrected chi connectivity index (χ1v) is 11.9. The van der Waals surface area contributed by atoms with Crippen molar-refractivity contribution in [2.45, 2.75) is 0 Å². The minimum absolute atomic E-state index is 0.919. The molecule has 2 nitrogen and oxygen atoms in total. The molecule has 0 N–H and O–H groups in total. The molecule has 0 bridgehead atoms. The third kappa shape index (κ3) is 2.80. The Morgan fingerprint density at radius 2 is 1.15 bits per heavy atom. The van der Waals surface area contributed by atoms with Gasteiger partial charge < -0.3 is 9.32 Å². The highest BCUT2D eigenvalue weighted by molar-refractivity contribution is 7.27. The summed E-state index contributed by atoms with van der Waals surface area (Å²) < 4.78 is 8.95. The maximum absolute atomic E-state index is 6.40. The van der Waals surface area contributed by atoms with Crippen molar-refractivity contribution in [3.05, 3.63) is 115 Å². The van der Waals surface area contributed by atoms with Gasteiger partial charge in [0.15, 0.2) is 0 Å². The minimum Gasteiger partial charge on any atom is -0.456 e. The van der Waals surface area contributed by atoms with Crippen LogP contribution in [0.4, 0.5) is 17.1 Å². The summed E-state index contributed by atoms with van der Waals surface area (Å²) >= 11 is 1.85. The van der Waals surface area contributed by atoms with E-state index in [0.29, 0.717) is 0 Å². The van der Waals surface area contributed by atoms with E-state index in [-0.39, 0.29) is 0 Å². The van der Waals surface area contributed by atoms with Crippen molar-refractivity contribution in [1.29, 1.82) is 0 Å². The normalized spacial score (nSPS) is 11.6. The molecule has 33 heavy (non-hydrogen) atoms. The summed E-state index contributed by atoms with van der Waals surface area (Å²) in [6, 6.07) is 40.4. The lowest BCUT2D eigenvalue weighted by atomic mass is 10.0. The van der Waals surface area contributed by atoms with Gasteiger partial charge in [-0.1, -0.05) is 72.8 Å². The van der Waals surface area contributed by atoms with E-state index in [0.717, 1.165) is 28.2 Å². The highest BCUT2D eigenvalue weighted by Crippen LogP contribution is 2.49. The molecule has 0 aliphatic carbocycles. The number of benzene rings is 5. The second kappa shape index (κ2) is 7.22. The number of hydrogen-bond donors (Lipinski definition) is 0. The molecule has 0 atom stereocenters. The summed E-state index contributed by atoms with van der Waals surface area (Å²) in [5.41, 5.74) is 5.22. The second-order valence-electron chi connectivity index (χ2n) is 8.18. The van der Waals surface area contributed by atoms with E-state index in [9.17, 15) is 0 Å². The Labute approximate surface area is 194 Å². The van der Waals surface area contributed by atoms with Crippen LogP contribution in [0.15, 0.2) is 120 Å². The van der Waals surface area contributed by atoms with Gasteiger partial charge in [-0.2, -0.15) is 0 Å². The van der Waals surface area contributed by atoms with Crippen LogP contribution in [-0.2, 0) is 0 Å². The molecular formula is C30H19NOS. The number of nitrogens with zero attached hydrogens (tertiary/aromatic N) is 1. The van der Waals surface area contributed by atoms with E-state index in [1.54, 1.807) is 0 Å². The fourth-order valence-electron chi connectivity index (χ4n) is 4.83. The highest BCUT2D eigenvalue weighted by atomic mass is 32.1. The molecule has 0 fully saturated rings. The smallest absolute Gasteiger partial charge is 0.138 e. The van der Waals surface area contributed by atoms with Gasteiger partial charge in [0.1, 0.15) is 11.2 Å². The Balaban J connectivity index is 1.68. The van der Waals surface area contributed by atoms with Crippen molar-refractivity contribution >= 4 is 70.5 Å². The lowest BCUT2D eigenvalue weighted by Gasteiger charge is -2.26. The number of fused-ring (bicyclic) bond motifs is 7. The third-order valence-electron chi connectivity index (χ3n) is 6.24. The molecule has 0 saturated heterocycles. The summed E-state index contributed by atoms with van der Waals surface area (Å²) in [6.07, 6.45) is 0. The number of hydrogen-bond acceptors (Lipinski definition) is 3. The number of rotatable bonds is 3. The van der Waals surface area contributed by atoms with Crippen LogP contribution >= 0.6 is 11.3 Å². The van der Waals surface area contributed by atoms with Crippen LogP contribution in [0, 0.1) is 0 Å². The third-order valence-corrected chi connectivity index (χ3v) is 7.43. The van der Waals surface area contributed by atoms with Gasteiger partial charge >= 0.3 is 0 Å². The predicted molar refractivity (Wildman–Crippen MR) is 141 cm³/mol. The summed E-state index contributed by atoms with van der Waals surface area (Å²) in [5.74, 6) is 0. The van der Waals surface area contributed by atoms with E-state index in [2.05, 4.69) is 114 Å². The number of para-hydroxylation sites is 3. The summed E-state index contributed by atoms with van der Waals surface area (Å²) in [4.78, 5) is 2.34. The second-order valence-corrected chi connectivity index (χ2v) is 9.23. The maximum Gasteiger partial charge on any atom is 0.138 e. The molecule has 0 aliphatic heterocycles. The zero-order valence-electron chi connectivity index (χ0n) is 17.7. The van der Waals surface area contributed by atoms with E-state index in [1.165, 1.54) is 30.9 Å². The van der Waals surface area contributed by atoms with Crippen LogP contribution in [0.5, 0.6) is 0 Å².